The molecule has 3 atom stereocenters. The minimum atomic E-state index is -0.898. The van der Waals surface area contributed by atoms with Crippen LogP contribution in [0.5, 0.6) is 11.5 Å². The fourth-order valence-electron chi connectivity index (χ4n) is 8.04. The van der Waals surface area contributed by atoms with Crippen molar-refractivity contribution < 1.29 is 197 Å². The molecule has 442 valence electrons. The van der Waals surface area contributed by atoms with Crippen LogP contribution in [0.4, 0.5) is 4.79 Å². The van der Waals surface area contributed by atoms with Crippen molar-refractivity contribution in [3.05, 3.63) is 211 Å². The minimum absolute atomic E-state index is 0. The molecule has 17 nitrogen and oxygen atoms in total. The fraction of sp³-hybridized carbons (Fsp3) is 0.246. The van der Waals surface area contributed by atoms with Gasteiger partial charge in [-0.05, 0) is 85.5 Å². The van der Waals surface area contributed by atoms with E-state index in [-0.39, 0.29) is 218 Å². The summed E-state index contributed by atoms with van der Waals surface area (Å²) in [5.41, 5.74) is 7.87. The molecular weight excluding hydrogens is 1430 g/mol. The molecule has 85 heavy (non-hydrogen) atoms. The van der Waals surface area contributed by atoms with Crippen molar-refractivity contribution in [1.82, 2.24) is 25.2 Å². The van der Waals surface area contributed by atoms with Gasteiger partial charge in [-0.3, -0.25) is 14.4 Å². The van der Waals surface area contributed by atoms with Gasteiger partial charge in [0.15, 0.2) is 0 Å². The molecule has 24 heteroatoms. The van der Waals surface area contributed by atoms with E-state index < -0.39 is 18.0 Å². The number of amides is 2. The van der Waals surface area contributed by atoms with Gasteiger partial charge in [-0.15, -0.1) is 34.3 Å². The van der Waals surface area contributed by atoms with E-state index >= 15 is 0 Å². The van der Waals surface area contributed by atoms with Crippen molar-refractivity contribution in [3.63, 3.8) is 0 Å². The van der Waals surface area contributed by atoms with E-state index in [1.165, 1.54) is 17.4 Å². The van der Waals surface area contributed by atoms with E-state index in [2.05, 4.69) is 25.2 Å². The number of aliphatic carboxylic acids is 1. The second-order valence-corrected chi connectivity index (χ2v) is 20.6. The number of carboxylic acids is 1. The van der Waals surface area contributed by atoms with Gasteiger partial charge in [-0.2, -0.15) is 0 Å². The molecule has 1 aliphatic heterocycles. The first kappa shape index (κ1) is 79.2. The van der Waals surface area contributed by atoms with Crippen molar-refractivity contribution >= 4 is 81.9 Å². The molecule has 0 radical (unpaired) electrons. The van der Waals surface area contributed by atoms with Crippen LogP contribution >= 0.6 is 57.5 Å². The molecule has 4 aromatic heterocycles. The number of rotatable bonds is 17. The molecule has 0 bridgehead atoms. The third-order valence-corrected chi connectivity index (χ3v) is 15.3. The molecule has 5 heterocycles. The number of ether oxygens (including phenoxy) is 2. The topological polar surface area (TPSA) is 241 Å². The van der Waals surface area contributed by atoms with Gasteiger partial charge < -0.3 is 40.3 Å². The predicted molar refractivity (Wildman–Crippen MR) is 324 cm³/mol. The largest absolute Gasteiger partial charge is 1.00 e. The molecule has 1 fully saturated rings. The van der Waals surface area contributed by atoms with Crippen LogP contribution in [0.15, 0.2) is 161 Å². The molecule has 5 aromatic carbocycles. The fourth-order valence-corrected chi connectivity index (χ4v) is 10.5. The van der Waals surface area contributed by atoms with Crippen LogP contribution in [-0.4, -0.2) is 72.5 Å². The summed E-state index contributed by atoms with van der Waals surface area (Å²) in [5.74, 6) is -0.677. The molecule has 9 aromatic rings. The first-order valence-corrected chi connectivity index (χ1v) is 26.9. The number of halogens is 3. The molecular formula is C61H66Cl3Cs2N5O12S2. The summed E-state index contributed by atoms with van der Waals surface area (Å²) in [5, 5.41) is 38.5. The number of aromatic hydroxyl groups is 1. The Kier molecular flexibility index (Phi) is 37.9. The van der Waals surface area contributed by atoms with Crippen LogP contribution in [0.3, 0.4) is 0 Å². The summed E-state index contributed by atoms with van der Waals surface area (Å²) in [6.45, 7) is 4.34. The molecule has 0 spiro atoms. The normalized spacial score (nSPS) is 12.3. The van der Waals surface area contributed by atoms with Crippen LogP contribution in [0.2, 0.25) is 10.0 Å². The second-order valence-electron chi connectivity index (χ2n) is 17.3. The number of aromatic nitrogens is 4. The number of imide groups is 1. The van der Waals surface area contributed by atoms with E-state index in [1.807, 2.05) is 117 Å². The number of thiazole rings is 2. The van der Waals surface area contributed by atoms with Crippen LogP contribution in [0, 0.1) is 13.8 Å². The van der Waals surface area contributed by atoms with Crippen molar-refractivity contribution in [2.45, 2.75) is 93.2 Å². The summed E-state index contributed by atoms with van der Waals surface area (Å²) in [6.07, 6.45) is 2.75. The number of benzene rings is 5. The Morgan fingerprint density at radius 3 is 1.65 bits per heavy atom. The van der Waals surface area contributed by atoms with Gasteiger partial charge in [0.05, 0.1) is 46.0 Å². The number of nitrogens with zero attached hydrogens (tertiary/aromatic N) is 5. The van der Waals surface area contributed by atoms with Gasteiger partial charge in [0.2, 0.25) is 5.91 Å². The number of carbonyl (C=O) groups excluding carboxylic acids is 3. The van der Waals surface area contributed by atoms with E-state index in [1.54, 1.807) is 59.1 Å². The standard InChI is InChI=1S/C23H19ClN2O4S.C22H20N2O5.C11H9Cl2NS.CH2O3.4CH4.2Cs.H/c1-14-21(31-23(25-14)16-2-6-17(24)7-3-16)13-29-18-8-4-15(5-9-18)19(12-22(27)28)20-10-11-30-26-20;25-18-8-6-16(7-9-18)19(20-10-11-29-23-20)13-21(26)24-17(14-28-22(24)27)12-15-4-2-1-3-5-15;1-7-10(6-12)15-11(14-7)8-2-4-9(13)5-3-8;2-1-4-3;;;;;;;/h2-11,19H,12-13H2,1H3,(H,27,28);1-11,17,19,25H,12-14H2;2-5H,6H2,1H3;1,3H;4*1H4;;;/q;;;;;;;;2*+1;-1/p-1/t19-;17-,19-;;;;;;;;;/m00........./s1. The molecule has 2 N–H and O–H groups in total. The van der Waals surface area contributed by atoms with Gasteiger partial charge in [-0.25, -0.2) is 19.7 Å². The van der Waals surface area contributed by atoms with Gasteiger partial charge in [0.1, 0.15) is 47.3 Å². The van der Waals surface area contributed by atoms with E-state index in [0.29, 0.717) is 41.1 Å². The zero-order chi connectivity index (χ0) is 56.3. The van der Waals surface area contributed by atoms with Gasteiger partial charge in [0.25, 0.3) is 6.47 Å². The SMILES string of the molecule is C.C.C.C.Cc1nc(-c2ccc(Cl)cc2)sc1CCl.Cc1nc(-c2ccc(Cl)cc2)sc1COc1ccc([C@H](CC(=O)O)c2ccon2)cc1.O=C(C[C@@H](c1ccc(O)cc1)c1ccon1)N1C(=O)OC[C@@H]1Cc1ccccc1.O=CO[O-].[Cs+].[Cs+].[H-]. The first-order valence-electron chi connectivity index (χ1n) is 24.0. The smallest absolute Gasteiger partial charge is 1.00 e. The summed E-state index contributed by atoms with van der Waals surface area (Å²) in [6, 6.07) is 41.9. The van der Waals surface area contributed by atoms with Crippen molar-refractivity contribution in [3.8, 4) is 32.6 Å². The van der Waals surface area contributed by atoms with Crippen LogP contribution < -0.4 is 148 Å². The first-order chi connectivity index (χ1) is 38.2. The van der Waals surface area contributed by atoms with E-state index in [9.17, 15) is 24.6 Å². The number of cyclic esters (lactones) is 1. The maximum Gasteiger partial charge on any atom is 1.00 e. The van der Waals surface area contributed by atoms with Crippen LogP contribution in [0.1, 0.15) is 105 Å². The molecule has 0 unspecified atom stereocenters. The second kappa shape index (κ2) is 40.7. The molecule has 1 aliphatic rings. The monoisotopic (exact) mass is 1500 g/mol. The molecule has 10 rings (SSSR count). The van der Waals surface area contributed by atoms with Crippen molar-refractivity contribution in [2.75, 3.05) is 6.61 Å². The Morgan fingerprint density at radius 2 is 1.20 bits per heavy atom. The average molecular weight is 1500 g/mol. The van der Waals surface area contributed by atoms with E-state index in [0.717, 1.165) is 64.0 Å². The summed E-state index contributed by atoms with van der Waals surface area (Å²) in [7, 11) is 0. The maximum absolute atomic E-state index is 13.1. The number of alkyl halides is 1. The molecule has 0 aliphatic carbocycles. The van der Waals surface area contributed by atoms with Crippen LogP contribution in [-0.2, 0) is 42.9 Å². The summed E-state index contributed by atoms with van der Waals surface area (Å²) < 4.78 is 20.9. The minimum Gasteiger partial charge on any atom is -1.00 e. The molecule has 1 saturated heterocycles. The number of hydrogen-bond donors (Lipinski definition) is 2. The van der Waals surface area contributed by atoms with Gasteiger partial charge in [-0.1, -0.05) is 142 Å². The Labute approximate surface area is 638 Å². The third-order valence-electron chi connectivity index (χ3n) is 12.0. The Bertz CT molecular complexity index is 3370. The Hall–Kier alpha value is -3.81. The number of aryl methyl sites for hydroxylation is 2. The maximum atomic E-state index is 13.1. The summed E-state index contributed by atoms with van der Waals surface area (Å²) >= 11 is 20.8. The van der Waals surface area contributed by atoms with Gasteiger partial charge in [0, 0.05) is 56.4 Å². The van der Waals surface area contributed by atoms with Crippen LogP contribution in [0.25, 0.3) is 21.1 Å². The number of carboxylic acid groups (broad SMARTS) is 1. The van der Waals surface area contributed by atoms with Crippen molar-refractivity contribution in [2.24, 2.45) is 0 Å². The Balaban J connectivity index is 0.00000123. The molecule has 2 amide bonds. The van der Waals surface area contributed by atoms with Crippen molar-refractivity contribution in [1.29, 1.82) is 0 Å². The third kappa shape index (κ3) is 23.9. The predicted octanol–water partition coefficient (Wildman–Crippen LogP) is 9.05. The molecule has 0 saturated carbocycles. The summed E-state index contributed by atoms with van der Waals surface area (Å²) in [4.78, 5) is 60.4. The average Bonchev–Trinajstić information content (AvgIpc) is 3.35. The number of hydrogen-bond acceptors (Lipinski definition) is 17. The number of phenols is 1. The zero-order valence-electron chi connectivity index (χ0n) is 45.1. The number of carbonyl (C=O) groups is 4. The number of phenolic OH excluding ortho intramolecular Hbond substituents is 1. The quantitative estimate of drug-likeness (QED) is 0.0374. The van der Waals surface area contributed by atoms with E-state index in [4.69, 9.17) is 63.4 Å². The zero-order valence-corrected chi connectivity index (χ0v) is 60.6. The Morgan fingerprint density at radius 1 is 0.729 bits per heavy atom. The van der Waals surface area contributed by atoms with Gasteiger partial charge >= 0.3 is 150 Å².